The number of rotatable bonds is 7. The molecule has 23 heavy (non-hydrogen) atoms. The highest BCUT2D eigenvalue weighted by atomic mass is 16.2. The fraction of sp³-hybridized carbons (Fsp3) is 0.706. The van der Waals surface area contributed by atoms with Crippen molar-refractivity contribution >= 4 is 11.7 Å². The standard InChI is InChI=1S/C17H29N5O/c1-22(2)13-7-12-18-16-11-10-15(20-21-16)17(23)19-14-8-5-3-4-6-9-14/h10-11,14H,3-9,12-13H2,1-2H3,(H,18,21)(H,19,23). The third-order valence-corrected chi connectivity index (χ3v) is 4.18. The summed E-state index contributed by atoms with van der Waals surface area (Å²) in [5.74, 6) is 0.610. The Morgan fingerprint density at radius 2 is 1.91 bits per heavy atom. The van der Waals surface area contributed by atoms with Crippen molar-refractivity contribution in [3.8, 4) is 0 Å². The predicted octanol–water partition coefficient (Wildman–Crippen LogP) is 2.29. The number of carbonyl (C=O) groups excluding carboxylic acids is 1. The van der Waals surface area contributed by atoms with Crippen LogP contribution in [0.5, 0.6) is 0 Å². The van der Waals surface area contributed by atoms with Crippen molar-refractivity contribution in [3.63, 3.8) is 0 Å². The molecule has 0 atom stereocenters. The molecule has 6 heteroatoms. The Bertz CT molecular complexity index is 466. The highest BCUT2D eigenvalue weighted by molar-refractivity contribution is 5.92. The molecule has 0 bridgehead atoms. The maximum Gasteiger partial charge on any atom is 0.272 e. The molecule has 0 saturated heterocycles. The van der Waals surface area contributed by atoms with Crippen LogP contribution in [0.25, 0.3) is 0 Å². The van der Waals surface area contributed by atoms with Gasteiger partial charge in [-0.15, -0.1) is 10.2 Å². The summed E-state index contributed by atoms with van der Waals surface area (Å²) in [4.78, 5) is 14.4. The monoisotopic (exact) mass is 319 g/mol. The Balaban J connectivity index is 1.77. The Kier molecular flexibility index (Phi) is 7.26. The van der Waals surface area contributed by atoms with Gasteiger partial charge in [-0.3, -0.25) is 4.79 Å². The maximum atomic E-state index is 12.2. The molecule has 0 spiro atoms. The van der Waals surface area contributed by atoms with E-state index in [1.807, 2.05) is 6.07 Å². The van der Waals surface area contributed by atoms with E-state index in [0.29, 0.717) is 5.69 Å². The van der Waals surface area contributed by atoms with Crippen LogP contribution in [0.3, 0.4) is 0 Å². The van der Waals surface area contributed by atoms with Gasteiger partial charge in [0.2, 0.25) is 0 Å². The Hall–Kier alpha value is -1.69. The minimum Gasteiger partial charge on any atom is -0.369 e. The molecule has 1 aromatic heterocycles. The normalized spacial score (nSPS) is 16.1. The average molecular weight is 319 g/mol. The molecule has 1 fully saturated rings. The molecular formula is C17H29N5O. The molecule has 0 unspecified atom stereocenters. The van der Waals surface area contributed by atoms with Gasteiger partial charge in [0, 0.05) is 12.6 Å². The van der Waals surface area contributed by atoms with Gasteiger partial charge in [0.05, 0.1) is 0 Å². The lowest BCUT2D eigenvalue weighted by atomic mass is 10.1. The fourth-order valence-electron chi connectivity index (χ4n) is 2.84. The van der Waals surface area contributed by atoms with Crippen LogP contribution in [0.1, 0.15) is 55.4 Å². The van der Waals surface area contributed by atoms with E-state index in [0.717, 1.165) is 38.2 Å². The average Bonchev–Trinajstić information content (AvgIpc) is 2.80. The van der Waals surface area contributed by atoms with Crippen LogP contribution >= 0.6 is 0 Å². The van der Waals surface area contributed by atoms with Crippen LogP contribution in [-0.4, -0.2) is 54.2 Å². The van der Waals surface area contributed by atoms with Gasteiger partial charge in [-0.05, 0) is 52.0 Å². The molecule has 1 aliphatic carbocycles. The summed E-state index contributed by atoms with van der Waals surface area (Å²) in [7, 11) is 4.11. The smallest absolute Gasteiger partial charge is 0.272 e. The first-order valence-electron chi connectivity index (χ1n) is 8.68. The van der Waals surface area contributed by atoms with E-state index in [2.05, 4.69) is 39.8 Å². The summed E-state index contributed by atoms with van der Waals surface area (Å²) < 4.78 is 0. The van der Waals surface area contributed by atoms with Crippen molar-refractivity contribution in [2.24, 2.45) is 0 Å². The number of carbonyl (C=O) groups is 1. The van der Waals surface area contributed by atoms with Crippen LogP contribution in [0.15, 0.2) is 12.1 Å². The third kappa shape index (κ3) is 6.52. The minimum atomic E-state index is -0.108. The molecule has 6 nitrogen and oxygen atoms in total. The van der Waals surface area contributed by atoms with Crippen LogP contribution in [0.2, 0.25) is 0 Å². The van der Waals surface area contributed by atoms with Crippen LogP contribution in [-0.2, 0) is 0 Å². The summed E-state index contributed by atoms with van der Waals surface area (Å²) in [6.07, 6.45) is 8.15. The highest BCUT2D eigenvalue weighted by Gasteiger charge is 2.16. The van der Waals surface area contributed by atoms with Gasteiger partial charge in [-0.1, -0.05) is 25.7 Å². The lowest BCUT2D eigenvalue weighted by Gasteiger charge is -2.15. The predicted molar refractivity (Wildman–Crippen MR) is 92.6 cm³/mol. The van der Waals surface area contributed by atoms with Gasteiger partial charge in [0.1, 0.15) is 5.82 Å². The molecule has 1 heterocycles. The number of anilines is 1. The zero-order valence-corrected chi connectivity index (χ0v) is 14.3. The molecule has 1 saturated carbocycles. The molecule has 1 amide bonds. The van der Waals surface area contributed by atoms with E-state index in [9.17, 15) is 4.79 Å². The van der Waals surface area contributed by atoms with Crippen molar-refractivity contribution in [1.82, 2.24) is 20.4 Å². The molecule has 2 rings (SSSR count). The van der Waals surface area contributed by atoms with Crippen molar-refractivity contribution in [3.05, 3.63) is 17.8 Å². The van der Waals surface area contributed by atoms with E-state index in [-0.39, 0.29) is 11.9 Å². The quantitative estimate of drug-likeness (QED) is 0.596. The molecule has 1 aliphatic rings. The Labute approximate surface area is 139 Å². The van der Waals surface area contributed by atoms with Gasteiger partial charge in [-0.25, -0.2) is 0 Å². The van der Waals surface area contributed by atoms with E-state index < -0.39 is 0 Å². The van der Waals surface area contributed by atoms with E-state index in [1.54, 1.807) is 6.07 Å². The van der Waals surface area contributed by atoms with Crippen LogP contribution in [0.4, 0.5) is 5.82 Å². The molecule has 128 valence electrons. The number of amides is 1. The van der Waals surface area contributed by atoms with Gasteiger partial charge < -0.3 is 15.5 Å². The number of aromatic nitrogens is 2. The number of nitrogens with one attached hydrogen (secondary N) is 2. The zero-order chi connectivity index (χ0) is 16.5. The van der Waals surface area contributed by atoms with Gasteiger partial charge in [0.15, 0.2) is 5.69 Å². The van der Waals surface area contributed by atoms with E-state index >= 15 is 0 Å². The van der Waals surface area contributed by atoms with Gasteiger partial charge >= 0.3 is 0 Å². The first-order chi connectivity index (χ1) is 11.1. The van der Waals surface area contributed by atoms with Crippen molar-refractivity contribution < 1.29 is 4.79 Å². The summed E-state index contributed by atoms with van der Waals surface area (Å²) in [6, 6.07) is 3.86. The zero-order valence-electron chi connectivity index (χ0n) is 14.3. The topological polar surface area (TPSA) is 70.2 Å². The first-order valence-corrected chi connectivity index (χ1v) is 8.68. The molecule has 0 aliphatic heterocycles. The Morgan fingerprint density at radius 1 is 1.17 bits per heavy atom. The number of nitrogens with zero attached hydrogens (tertiary/aromatic N) is 3. The number of hydrogen-bond acceptors (Lipinski definition) is 5. The first kappa shape index (κ1) is 17.7. The maximum absolute atomic E-state index is 12.2. The van der Waals surface area contributed by atoms with Crippen molar-refractivity contribution in [2.45, 2.75) is 51.0 Å². The molecule has 0 radical (unpaired) electrons. The molecule has 1 aromatic rings. The summed E-state index contributed by atoms with van der Waals surface area (Å²) in [5, 5.41) is 14.5. The van der Waals surface area contributed by atoms with Crippen LogP contribution in [0, 0.1) is 0 Å². The molecular weight excluding hydrogens is 290 g/mol. The van der Waals surface area contributed by atoms with Gasteiger partial charge in [0.25, 0.3) is 5.91 Å². The second-order valence-corrected chi connectivity index (χ2v) is 6.55. The summed E-state index contributed by atoms with van der Waals surface area (Å²) >= 11 is 0. The SMILES string of the molecule is CN(C)CCCNc1ccc(C(=O)NC2CCCCCC2)nn1. The van der Waals surface area contributed by atoms with E-state index in [1.165, 1.54) is 25.7 Å². The molecule has 0 aromatic carbocycles. The van der Waals surface area contributed by atoms with Gasteiger partial charge in [-0.2, -0.15) is 0 Å². The van der Waals surface area contributed by atoms with Crippen molar-refractivity contribution in [2.75, 3.05) is 32.5 Å². The number of hydrogen-bond donors (Lipinski definition) is 2. The largest absolute Gasteiger partial charge is 0.369 e. The summed E-state index contributed by atoms with van der Waals surface area (Å²) in [5.41, 5.74) is 0.396. The fourth-order valence-corrected chi connectivity index (χ4v) is 2.84. The summed E-state index contributed by atoms with van der Waals surface area (Å²) in [6.45, 7) is 1.88. The molecule has 2 N–H and O–H groups in total. The lowest BCUT2D eigenvalue weighted by molar-refractivity contribution is 0.0927. The van der Waals surface area contributed by atoms with Crippen molar-refractivity contribution in [1.29, 1.82) is 0 Å². The third-order valence-electron chi connectivity index (χ3n) is 4.18. The van der Waals surface area contributed by atoms with E-state index in [4.69, 9.17) is 0 Å². The van der Waals surface area contributed by atoms with Crippen LogP contribution < -0.4 is 10.6 Å². The highest BCUT2D eigenvalue weighted by Crippen LogP contribution is 2.17. The minimum absolute atomic E-state index is 0.108. The lowest BCUT2D eigenvalue weighted by Crippen LogP contribution is -2.35. The Morgan fingerprint density at radius 3 is 2.52 bits per heavy atom. The second kappa shape index (κ2) is 9.45. The second-order valence-electron chi connectivity index (χ2n) is 6.55.